The normalized spacial score (nSPS) is 19.9. The molecule has 7 heteroatoms. The van der Waals surface area contributed by atoms with Crippen molar-refractivity contribution in [3.8, 4) is 0 Å². The molecule has 0 unspecified atom stereocenters. The van der Waals surface area contributed by atoms with Gasteiger partial charge in [0.2, 0.25) is 0 Å². The first-order chi connectivity index (χ1) is 8.11. The van der Waals surface area contributed by atoms with Gasteiger partial charge >= 0.3 is 0 Å². The van der Waals surface area contributed by atoms with Crippen LogP contribution in [-0.2, 0) is 16.4 Å². The van der Waals surface area contributed by atoms with Gasteiger partial charge in [0.25, 0.3) is 0 Å². The van der Waals surface area contributed by atoms with E-state index in [9.17, 15) is 8.42 Å². The maximum Gasteiger partial charge on any atom is 0.152 e. The molecular formula is C10H15N3O3S. The predicted molar refractivity (Wildman–Crippen MR) is 63.4 cm³/mol. The van der Waals surface area contributed by atoms with Crippen LogP contribution in [0, 0.1) is 0 Å². The maximum absolute atomic E-state index is 11.5. The minimum absolute atomic E-state index is 0.137. The second-order valence-electron chi connectivity index (χ2n) is 4.03. The second-order valence-corrected chi connectivity index (χ2v) is 6.34. The van der Waals surface area contributed by atoms with E-state index in [1.807, 2.05) is 4.90 Å². The molecule has 1 aromatic rings. The fourth-order valence-electron chi connectivity index (χ4n) is 1.77. The van der Waals surface area contributed by atoms with Gasteiger partial charge in [-0.3, -0.25) is 0 Å². The van der Waals surface area contributed by atoms with Crippen LogP contribution in [0.1, 0.15) is 12.1 Å². The third-order valence-electron chi connectivity index (χ3n) is 2.75. The number of aliphatic hydroxyl groups is 1. The first-order valence-corrected chi connectivity index (χ1v) is 7.32. The van der Waals surface area contributed by atoms with Gasteiger partial charge in [0.15, 0.2) is 15.7 Å². The van der Waals surface area contributed by atoms with Gasteiger partial charge in [0.1, 0.15) is 0 Å². The number of aliphatic hydroxyl groups excluding tert-OH is 1. The lowest BCUT2D eigenvalue weighted by Gasteiger charge is -2.19. The maximum atomic E-state index is 11.5. The highest BCUT2D eigenvalue weighted by atomic mass is 32.2. The first kappa shape index (κ1) is 12.3. The van der Waals surface area contributed by atoms with E-state index in [1.54, 1.807) is 12.1 Å². The molecule has 1 saturated heterocycles. The van der Waals surface area contributed by atoms with Gasteiger partial charge in [-0.05, 0) is 18.6 Å². The van der Waals surface area contributed by atoms with Crippen LogP contribution in [0.3, 0.4) is 0 Å². The molecule has 0 atom stereocenters. The summed E-state index contributed by atoms with van der Waals surface area (Å²) < 4.78 is 22.9. The molecule has 0 amide bonds. The molecule has 1 aromatic heterocycles. The summed E-state index contributed by atoms with van der Waals surface area (Å²) in [7, 11) is -2.90. The Balaban J connectivity index is 2.11. The van der Waals surface area contributed by atoms with Gasteiger partial charge in [-0.2, -0.15) is 5.10 Å². The van der Waals surface area contributed by atoms with E-state index < -0.39 is 9.84 Å². The van der Waals surface area contributed by atoms with Crippen LogP contribution in [0.25, 0.3) is 0 Å². The molecular weight excluding hydrogens is 242 g/mol. The van der Waals surface area contributed by atoms with Gasteiger partial charge in [-0.1, -0.05) is 0 Å². The summed E-state index contributed by atoms with van der Waals surface area (Å²) in [6.07, 6.45) is 0.617. The van der Waals surface area contributed by atoms with Crippen LogP contribution in [0.4, 0.5) is 5.82 Å². The molecule has 0 saturated carbocycles. The monoisotopic (exact) mass is 257 g/mol. The lowest BCUT2D eigenvalue weighted by molar-refractivity contribution is 0.275. The SMILES string of the molecule is O=S1(=O)CCCN(c2ccc(CO)nn2)CC1. The topological polar surface area (TPSA) is 83.4 Å². The highest BCUT2D eigenvalue weighted by Crippen LogP contribution is 2.13. The highest BCUT2D eigenvalue weighted by Gasteiger charge is 2.20. The Hall–Kier alpha value is -1.21. The Morgan fingerprint density at radius 3 is 2.71 bits per heavy atom. The Morgan fingerprint density at radius 1 is 1.24 bits per heavy atom. The molecule has 0 aliphatic carbocycles. The fraction of sp³-hybridized carbons (Fsp3) is 0.600. The van der Waals surface area contributed by atoms with Gasteiger partial charge < -0.3 is 10.0 Å². The summed E-state index contributed by atoms with van der Waals surface area (Å²) in [5, 5.41) is 16.7. The van der Waals surface area contributed by atoms with E-state index in [2.05, 4.69) is 10.2 Å². The Bertz CT molecular complexity index is 472. The minimum atomic E-state index is -2.90. The van der Waals surface area contributed by atoms with Gasteiger partial charge in [0, 0.05) is 13.1 Å². The smallest absolute Gasteiger partial charge is 0.152 e. The first-order valence-electron chi connectivity index (χ1n) is 5.49. The summed E-state index contributed by atoms with van der Waals surface area (Å²) in [4.78, 5) is 1.92. The second kappa shape index (κ2) is 4.97. The number of anilines is 1. The molecule has 17 heavy (non-hydrogen) atoms. The van der Waals surface area contributed by atoms with Crippen molar-refractivity contribution in [1.29, 1.82) is 0 Å². The Morgan fingerprint density at radius 2 is 2.06 bits per heavy atom. The number of rotatable bonds is 2. The molecule has 0 radical (unpaired) electrons. The van der Waals surface area contributed by atoms with E-state index in [-0.39, 0.29) is 18.1 Å². The summed E-state index contributed by atoms with van der Waals surface area (Å²) in [6.45, 7) is 0.990. The third kappa shape index (κ3) is 3.13. The minimum Gasteiger partial charge on any atom is -0.390 e. The standard InChI is InChI=1S/C10H15N3O3S/c14-8-9-2-3-10(12-11-9)13-4-1-6-17(15,16)7-5-13/h2-3,14H,1,4-8H2. The molecule has 2 heterocycles. The zero-order valence-corrected chi connectivity index (χ0v) is 10.2. The summed E-state index contributed by atoms with van der Waals surface area (Å²) in [5.41, 5.74) is 0.510. The van der Waals surface area contributed by atoms with Crippen molar-refractivity contribution in [2.75, 3.05) is 29.5 Å². The molecule has 0 spiro atoms. The van der Waals surface area contributed by atoms with Crippen molar-refractivity contribution in [1.82, 2.24) is 10.2 Å². The Kier molecular flexibility index (Phi) is 3.58. The van der Waals surface area contributed by atoms with Crippen molar-refractivity contribution < 1.29 is 13.5 Å². The average molecular weight is 257 g/mol. The summed E-state index contributed by atoms with van der Waals surface area (Å²) >= 11 is 0. The number of nitrogens with zero attached hydrogens (tertiary/aromatic N) is 3. The van der Waals surface area contributed by atoms with Crippen molar-refractivity contribution >= 4 is 15.7 Å². The van der Waals surface area contributed by atoms with Crippen molar-refractivity contribution in [3.05, 3.63) is 17.8 Å². The molecule has 0 bridgehead atoms. The largest absolute Gasteiger partial charge is 0.390 e. The molecule has 2 rings (SSSR count). The van der Waals surface area contributed by atoms with Crippen LogP contribution < -0.4 is 4.90 Å². The predicted octanol–water partition coefficient (Wildman–Crippen LogP) is -0.406. The molecule has 1 fully saturated rings. The quantitative estimate of drug-likeness (QED) is 0.775. The molecule has 1 N–H and O–H groups in total. The van der Waals surface area contributed by atoms with Crippen LogP contribution in [0.5, 0.6) is 0 Å². The van der Waals surface area contributed by atoms with Crippen molar-refractivity contribution in [3.63, 3.8) is 0 Å². The number of aromatic nitrogens is 2. The zero-order valence-electron chi connectivity index (χ0n) is 9.41. The van der Waals surface area contributed by atoms with E-state index in [4.69, 9.17) is 5.11 Å². The van der Waals surface area contributed by atoms with Crippen LogP contribution >= 0.6 is 0 Å². The Labute approximate surface area is 100 Å². The van der Waals surface area contributed by atoms with Crippen LogP contribution in [0.15, 0.2) is 12.1 Å². The van der Waals surface area contributed by atoms with E-state index in [0.717, 1.165) is 0 Å². The van der Waals surface area contributed by atoms with E-state index >= 15 is 0 Å². The van der Waals surface area contributed by atoms with E-state index in [0.29, 0.717) is 31.0 Å². The number of hydrogen-bond acceptors (Lipinski definition) is 6. The van der Waals surface area contributed by atoms with Gasteiger partial charge in [0.05, 0.1) is 23.8 Å². The molecule has 1 aliphatic heterocycles. The molecule has 1 aliphatic rings. The lowest BCUT2D eigenvalue weighted by Crippen LogP contribution is -2.27. The molecule has 94 valence electrons. The fourth-order valence-corrected chi connectivity index (χ4v) is 3.05. The van der Waals surface area contributed by atoms with Crippen molar-refractivity contribution in [2.45, 2.75) is 13.0 Å². The molecule has 0 aromatic carbocycles. The molecule has 6 nitrogen and oxygen atoms in total. The van der Waals surface area contributed by atoms with Gasteiger partial charge in [-0.15, -0.1) is 5.10 Å². The van der Waals surface area contributed by atoms with Crippen LogP contribution in [0.2, 0.25) is 0 Å². The lowest BCUT2D eigenvalue weighted by atomic mass is 10.3. The van der Waals surface area contributed by atoms with Gasteiger partial charge in [-0.25, -0.2) is 8.42 Å². The zero-order chi connectivity index (χ0) is 12.3. The highest BCUT2D eigenvalue weighted by molar-refractivity contribution is 7.91. The van der Waals surface area contributed by atoms with Crippen molar-refractivity contribution in [2.24, 2.45) is 0 Å². The summed E-state index contributed by atoms with van der Waals surface area (Å²) in [6, 6.07) is 3.46. The van der Waals surface area contributed by atoms with E-state index in [1.165, 1.54) is 0 Å². The number of hydrogen-bond donors (Lipinski definition) is 1. The van der Waals surface area contributed by atoms with Crippen LogP contribution in [-0.4, -0.2) is 48.3 Å². The third-order valence-corrected chi connectivity index (χ3v) is 4.46. The average Bonchev–Trinajstić information content (AvgIpc) is 2.50. The summed E-state index contributed by atoms with van der Waals surface area (Å²) in [5.74, 6) is 1.07. The number of sulfone groups is 1.